The highest BCUT2D eigenvalue weighted by molar-refractivity contribution is 7.89. The zero-order chi connectivity index (χ0) is 19.3. The van der Waals surface area contributed by atoms with E-state index in [2.05, 4.69) is 5.32 Å². The summed E-state index contributed by atoms with van der Waals surface area (Å²) in [5, 5.41) is 14.9. The van der Waals surface area contributed by atoms with Gasteiger partial charge in [0, 0.05) is 30.7 Å². The standard InChI is InChI=1S/C17H20ClN3O4S/c1-3-20(4-2)26(24,25)15-8-9-16(17(11-15)21(22)23)19-12-13-6-5-7-14(18)10-13/h5-11,19H,3-4,12H2,1-2H3. The molecule has 0 atom stereocenters. The number of hydrogen-bond acceptors (Lipinski definition) is 5. The first-order valence-corrected chi connectivity index (χ1v) is 9.88. The Kier molecular flexibility index (Phi) is 6.57. The van der Waals surface area contributed by atoms with Crippen LogP contribution < -0.4 is 5.32 Å². The largest absolute Gasteiger partial charge is 0.375 e. The number of nitro benzene ring substituents is 1. The van der Waals surface area contributed by atoms with E-state index >= 15 is 0 Å². The molecule has 2 aromatic carbocycles. The van der Waals surface area contributed by atoms with Crippen LogP contribution in [0.5, 0.6) is 0 Å². The summed E-state index contributed by atoms with van der Waals surface area (Å²) in [6.45, 7) is 4.35. The van der Waals surface area contributed by atoms with Crippen molar-refractivity contribution in [1.29, 1.82) is 0 Å². The predicted octanol–water partition coefficient (Wildman–Crippen LogP) is 3.89. The maximum atomic E-state index is 12.6. The van der Waals surface area contributed by atoms with E-state index in [1.54, 1.807) is 32.0 Å². The minimum absolute atomic E-state index is 0.0961. The molecule has 1 N–H and O–H groups in total. The lowest BCUT2D eigenvalue weighted by Crippen LogP contribution is -2.30. The highest BCUT2D eigenvalue weighted by Gasteiger charge is 2.25. The van der Waals surface area contributed by atoms with Gasteiger partial charge in [0.05, 0.1) is 9.82 Å². The summed E-state index contributed by atoms with van der Waals surface area (Å²) in [6, 6.07) is 11.0. The van der Waals surface area contributed by atoms with Gasteiger partial charge in [-0.3, -0.25) is 10.1 Å². The summed E-state index contributed by atoms with van der Waals surface area (Å²) in [7, 11) is -3.76. The Balaban J connectivity index is 2.33. The molecule has 0 aromatic heterocycles. The highest BCUT2D eigenvalue weighted by atomic mass is 35.5. The molecule has 0 saturated carbocycles. The lowest BCUT2D eigenvalue weighted by molar-refractivity contribution is -0.384. The van der Waals surface area contributed by atoms with Crippen LogP contribution in [0.4, 0.5) is 11.4 Å². The van der Waals surface area contributed by atoms with Gasteiger partial charge in [0.1, 0.15) is 5.69 Å². The van der Waals surface area contributed by atoms with Gasteiger partial charge in [0.2, 0.25) is 10.0 Å². The number of rotatable bonds is 8. The van der Waals surface area contributed by atoms with Crippen LogP contribution in [0.2, 0.25) is 5.02 Å². The number of benzene rings is 2. The molecular formula is C17H20ClN3O4S. The summed E-state index contributed by atoms with van der Waals surface area (Å²) >= 11 is 5.93. The van der Waals surface area contributed by atoms with E-state index in [0.717, 1.165) is 11.6 Å². The third-order valence-electron chi connectivity index (χ3n) is 3.88. The monoisotopic (exact) mass is 397 g/mol. The number of halogens is 1. The summed E-state index contributed by atoms with van der Waals surface area (Å²) in [5.74, 6) is 0. The first-order chi connectivity index (χ1) is 12.3. The molecule has 2 aromatic rings. The van der Waals surface area contributed by atoms with Gasteiger partial charge in [0.25, 0.3) is 5.69 Å². The quantitative estimate of drug-likeness (QED) is 0.538. The molecule has 2 rings (SSSR count). The average Bonchev–Trinajstić information content (AvgIpc) is 2.60. The molecule has 0 amide bonds. The summed E-state index contributed by atoms with van der Waals surface area (Å²) < 4.78 is 26.4. The number of hydrogen-bond donors (Lipinski definition) is 1. The van der Waals surface area contributed by atoms with E-state index in [9.17, 15) is 18.5 Å². The molecule has 0 aliphatic carbocycles. The Morgan fingerprint density at radius 3 is 2.42 bits per heavy atom. The Labute approximate surface area is 157 Å². The first-order valence-electron chi connectivity index (χ1n) is 8.06. The normalized spacial score (nSPS) is 11.5. The second kappa shape index (κ2) is 8.48. The number of nitrogens with one attached hydrogen (secondary N) is 1. The fraction of sp³-hybridized carbons (Fsp3) is 0.294. The Morgan fingerprint density at radius 2 is 1.85 bits per heavy atom. The Bertz CT molecular complexity index is 899. The second-order valence-corrected chi connectivity index (χ2v) is 7.88. The Hall–Kier alpha value is -2.16. The molecule has 0 aliphatic rings. The molecular weight excluding hydrogens is 378 g/mol. The fourth-order valence-electron chi connectivity index (χ4n) is 2.53. The zero-order valence-electron chi connectivity index (χ0n) is 14.5. The van der Waals surface area contributed by atoms with Crippen molar-refractivity contribution >= 4 is 33.0 Å². The van der Waals surface area contributed by atoms with Crippen molar-refractivity contribution in [3.63, 3.8) is 0 Å². The van der Waals surface area contributed by atoms with Crippen LogP contribution in [-0.2, 0) is 16.6 Å². The van der Waals surface area contributed by atoms with Crippen LogP contribution in [0.25, 0.3) is 0 Å². The van der Waals surface area contributed by atoms with Gasteiger partial charge < -0.3 is 5.32 Å². The van der Waals surface area contributed by atoms with Gasteiger partial charge in [-0.1, -0.05) is 37.6 Å². The summed E-state index contributed by atoms with van der Waals surface area (Å²) in [4.78, 5) is 10.7. The third kappa shape index (κ3) is 4.51. The minimum Gasteiger partial charge on any atom is -0.375 e. The SMILES string of the molecule is CCN(CC)S(=O)(=O)c1ccc(NCc2cccc(Cl)c2)c([N+](=O)[O-])c1. The molecule has 0 saturated heterocycles. The molecule has 0 fully saturated rings. The molecule has 0 aliphatic heterocycles. The second-order valence-electron chi connectivity index (χ2n) is 5.51. The maximum Gasteiger partial charge on any atom is 0.293 e. The van der Waals surface area contributed by atoms with Crippen LogP contribution in [0.15, 0.2) is 47.4 Å². The van der Waals surface area contributed by atoms with E-state index in [1.807, 2.05) is 6.07 Å². The summed E-state index contributed by atoms with van der Waals surface area (Å²) in [5.41, 5.74) is 0.806. The van der Waals surface area contributed by atoms with E-state index in [0.29, 0.717) is 24.7 Å². The molecule has 0 radical (unpaired) electrons. The van der Waals surface area contributed by atoms with Crippen LogP contribution in [-0.4, -0.2) is 30.7 Å². The molecule has 140 valence electrons. The smallest absolute Gasteiger partial charge is 0.293 e. The molecule has 0 heterocycles. The molecule has 9 heteroatoms. The minimum atomic E-state index is -3.76. The van der Waals surface area contributed by atoms with E-state index in [4.69, 9.17) is 11.6 Å². The van der Waals surface area contributed by atoms with Gasteiger partial charge in [-0.2, -0.15) is 4.31 Å². The van der Waals surface area contributed by atoms with Crippen LogP contribution in [0.3, 0.4) is 0 Å². The predicted molar refractivity (Wildman–Crippen MR) is 102 cm³/mol. The number of nitro groups is 1. The average molecular weight is 398 g/mol. The van der Waals surface area contributed by atoms with Gasteiger partial charge in [-0.15, -0.1) is 0 Å². The van der Waals surface area contributed by atoms with Crippen molar-refractivity contribution in [2.75, 3.05) is 18.4 Å². The van der Waals surface area contributed by atoms with Gasteiger partial charge in [0.15, 0.2) is 0 Å². The van der Waals surface area contributed by atoms with Gasteiger partial charge in [-0.25, -0.2) is 8.42 Å². The van der Waals surface area contributed by atoms with Gasteiger partial charge >= 0.3 is 0 Å². The van der Waals surface area contributed by atoms with Crippen molar-refractivity contribution in [3.05, 3.63) is 63.2 Å². The lowest BCUT2D eigenvalue weighted by atomic mass is 10.2. The van der Waals surface area contributed by atoms with Crippen molar-refractivity contribution in [3.8, 4) is 0 Å². The van der Waals surface area contributed by atoms with Crippen molar-refractivity contribution in [2.45, 2.75) is 25.3 Å². The number of anilines is 1. The van der Waals surface area contributed by atoms with Crippen LogP contribution in [0, 0.1) is 10.1 Å². The van der Waals surface area contributed by atoms with E-state index in [-0.39, 0.29) is 16.3 Å². The van der Waals surface area contributed by atoms with Crippen molar-refractivity contribution in [2.24, 2.45) is 0 Å². The summed E-state index contributed by atoms with van der Waals surface area (Å²) in [6.07, 6.45) is 0. The maximum absolute atomic E-state index is 12.6. The van der Waals surface area contributed by atoms with E-state index < -0.39 is 14.9 Å². The van der Waals surface area contributed by atoms with Crippen molar-refractivity contribution < 1.29 is 13.3 Å². The highest BCUT2D eigenvalue weighted by Crippen LogP contribution is 2.29. The molecule has 0 unspecified atom stereocenters. The molecule has 7 nitrogen and oxygen atoms in total. The topological polar surface area (TPSA) is 92.6 Å². The lowest BCUT2D eigenvalue weighted by Gasteiger charge is -2.18. The zero-order valence-corrected chi connectivity index (χ0v) is 16.0. The van der Waals surface area contributed by atoms with Crippen LogP contribution >= 0.6 is 11.6 Å². The van der Waals surface area contributed by atoms with Crippen LogP contribution in [0.1, 0.15) is 19.4 Å². The van der Waals surface area contributed by atoms with E-state index in [1.165, 1.54) is 16.4 Å². The fourth-order valence-corrected chi connectivity index (χ4v) is 4.22. The molecule has 0 spiro atoms. The number of sulfonamides is 1. The van der Waals surface area contributed by atoms with Crippen molar-refractivity contribution in [1.82, 2.24) is 4.31 Å². The Morgan fingerprint density at radius 1 is 1.15 bits per heavy atom. The first kappa shape index (κ1) is 20.2. The molecule has 0 bridgehead atoms. The number of nitrogens with zero attached hydrogens (tertiary/aromatic N) is 2. The molecule has 26 heavy (non-hydrogen) atoms. The third-order valence-corrected chi connectivity index (χ3v) is 6.16. The van der Waals surface area contributed by atoms with Gasteiger partial charge in [-0.05, 0) is 29.8 Å².